The standard InChI is InChI=1S/C13H15BrO/c1-8-12(9(2)15)13(8,3)10-5-4-6-11(14)7-10/h4-8,12H,1-3H3. The number of carbonyl (C=O) groups is 1. The van der Waals surface area contributed by atoms with Crippen LogP contribution in [0.2, 0.25) is 0 Å². The summed E-state index contributed by atoms with van der Waals surface area (Å²) in [4.78, 5) is 11.5. The second kappa shape index (κ2) is 3.44. The van der Waals surface area contributed by atoms with Gasteiger partial charge in [-0.25, -0.2) is 0 Å². The van der Waals surface area contributed by atoms with E-state index in [9.17, 15) is 4.79 Å². The third kappa shape index (κ3) is 1.55. The highest BCUT2D eigenvalue weighted by Crippen LogP contribution is 2.59. The van der Waals surface area contributed by atoms with Crippen LogP contribution in [-0.4, -0.2) is 5.78 Å². The van der Waals surface area contributed by atoms with Crippen LogP contribution in [0.15, 0.2) is 28.7 Å². The van der Waals surface area contributed by atoms with Crippen LogP contribution in [0.5, 0.6) is 0 Å². The van der Waals surface area contributed by atoms with Gasteiger partial charge in [-0.2, -0.15) is 0 Å². The van der Waals surface area contributed by atoms with Gasteiger partial charge in [0.25, 0.3) is 0 Å². The van der Waals surface area contributed by atoms with Crippen molar-refractivity contribution >= 4 is 21.7 Å². The molecule has 0 N–H and O–H groups in total. The summed E-state index contributed by atoms with van der Waals surface area (Å²) in [5.74, 6) is 0.973. The SMILES string of the molecule is CC(=O)C1C(C)C1(C)c1cccc(Br)c1. The first-order chi connectivity index (χ1) is 6.98. The fourth-order valence-corrected chi connectivity index (χ4v) is 3.17. The van der Waals surface area contributed by atoms with Crippen molar-refractivity contribution in [3.05, 3.63) is 34.3 Å². The number of rotatable bonds is 2. The van der Waals surface area contributed by atoms with Crippen LogP contribution in [0, 0.1) is 11.8 Å². The van der Waals surface area contributed by atoms with E-state index in [1.807, 2.05) is 12.1 Å². The van der Waals surface area contributed by atoms with E-state index in [4.69, 9.17) is 0 Å². The fraction of sp³-hybridized carbons (Fsp3) is 0.462. The Morgan fingerprint density at radius 2 is 2.13 bits per heavy atom. The Morgan fingerprint density at radius 1 is 1.47 bits per heavy atom. The Kier molecular flexibility index (Phi) is 2.50. The Balaban J connectivity index is 2.37. The maximum Gasteiger partial charge on any atom is 0.134 e. The lowest BCUT2D eigenvalue weighted by Gasteiger charge is -2.11. The van der Waals surface area contributed by atoms with Crippen LogP contribution in [-0.2, 0) is 10.2 Å². The van der Waals surface area contributed by atoms with Gasteiger partial charge in [0.05, 0.1) is 0 Å². The predicted octanol–water partition coefficient (Wildman–Crippen LogP) is 3.56. The summed E-state index contributed by atoms with van der Waals surface area (Å²) in [6.45, 7) is 6.04. The summed E-state index contributed by atoms with van der Waals surface area (Å²) in [5, 5.41) is 0. The van der Waals surface area contributed by atoms with Crippen LogP contribution >= 0.6 is 15.9 Å². The lowest BCUT2D eigenvalue weighted by Crippen LogP contribution is -2.09. The van der Waals surface area contributed by atoms with Gasteiger partial charge < -0.3 is 0 Å². The zero-order chi connectivity index (χ0) is 11.2. The molecular formula is C13H15BrO. The van der Waals surface area contributed by atoms with E-state index >= 15 is 0 Å². The Bertz CT molecular complexity index is 413. The number of hydrogen-bond donors (Lipinski definition) is 0. The number of ketones is 1. The minimum absolute atomic E-state index is 0.0512. The molecule has 2 rings (SSSR count). The highest BCUT2D eigenvalue weighted by molar-refractivity contribution is 9.10. The van der Waals surface area contributed by atoms with E-state index < -0.39 is 0 Å². The number of halogens is 1. The first-order valence-corrected chi connectivity index (χ1v) is 6.03. The number of Topliss-reactive ketones (excluding diaryl/α,β-unsaturated/α-hetero) is 1. The van der Waals surface area contributed by atoms with Gasteiger partial charge in [-0.15, -0.1) is 0 Å². The first-order valence-electron chi connectivity index (χ1n) is 5.24. The minimum atomic E-state index is 0.0512. The van der Waals surface area contributed by atoms with Crippen molar-refractivity contribution in [3.63, 3.8) is 0 Å². The minimum Gasteiger partial charge on any atom is -0.300 e. The van der Waals surface area contributed by atoms with Crippen molar-refractivity contribution in [2.24, 2.45) is 11.8 Å². The lowest BCUT2D eigenvalue weighted by atomic mass is 9.93. The third-order valence-corrected chi connectivity index (χ3v) is 4.36. The van der Waals surface area contributed by atoms with Crippen LogP contribution in [0.1, 0.15) is 26.3 Å². The second-order valence-corrected chi connectivity index (χ2v) is 5.59. The largest absolute Gasteiger partial charge is 0.300 e. The van der Waals surface area contributed by atoms with E-state index in [0.717, 1.165) is 4.47 Å². The van der Waals surface area contributed by atoms with E-state index in [-0.39, 0.29) is 11.3 Å². The molecular weight excluding hydrogens is 252 g/mol. The monoisotopic (exact) mass is 266 g/mol. The van der Waals surface area contributed by atoms with E-state index in [0.29, 0.717) is 11.7 Å². The van der Waals surface area contributed by atoms with E-state index in [1.54, 1.807) is 6.92 Å². The van der Waals surface area contributed by atoms with Gasteiger partial charge in [-0.1, -0.05) is 41.9 Å². The van der Waals surface area contributed by atoms with Crippen molar-refractivity contribution in [1.29, 1.82) is 0 Å². The Labute approximate surface area is 99.0 Å². The summed E-state index contributed by atoms with van der Waals surface area (Å²) in [6, 6.07) is 8.29. The quantitative estimate of drug-likeness (QED) is 0.800. The van der Waals surface area contributed by atoms with Gasteiger partial charge in [0.2, 0.25) is 0 Å². The fourth-order valence-electron chi connectivity index (χ4n) is 2.77. The Morgan fingerprint density at radius 3 is 2.60 bits per heavy atom. The molecule has 0 heterocycles. The van der Waals surface area contributed by atoms with Gasteiger partial charge in [0.1, 0.15) is 5.78 Å². The molecule has 0 bridgehead atoms. The summed E-state index contributed by atoms with van der Waals surface area (Å²) in [5.41, 5.74) is 1.32. The van der Waals surface area contributed by atoms with Crippen molar-refractivity contribution in [1.82, 2.24) is 0 Å². The normalized spacial score (nSPS) is 33.9. The van der Waals surface area contributed by atoms with Crippen LogP contribution < -0.4 is 0 Å². The van der Waals surface area contributed by atoms with Crippen molar-refractivity contribution in [2.45, 2.75) is 26.2 Å². The lowest BCUT2D eigenvalue weighted by molar-refractivity contribution is -0.118. The van der Waals surface area contributed by atoms with Crippen LogP contribution in [0.25, 0.3) is 0 Å². The van der Waals surface area contributed by atoms with Gasteiger partial charge in [-0.3, -0.25) is 4.79 Å². The molecule has 2 heteroatoms. The third-order valence-electron chi connectivity index (χ3n) is 3.87. The molecule has 1 saturated carbocycles. The van der Waals surface area contributed by atoms with Crippen LogP contribution in [0.3, 0.4) is 0 Å². The van der Waals surface area contributed by atoms with Gasteiger partial charge in [0, 0.05) is 15.8 Å². The molecule has 0 amide bonds. The molecule has 3 unspecified atom stereocenters. The smallest absolute Gasteiger partial charge is 0.134 e. The summed E-state index contributed by atoms with van der Waals surface area (Å²) < 4.78 is 1.09. The molecule has 0 spiro atoms. The molecule has 1 fully saturated rings. The van der Waals surface area contributed by atoms with Gasteiger partial charge in [-0.05, 0) is 30.5 Å². The Hall–Kier alpha value is -0.630. The maximum atomic E-state index is 11.5. The average Bonchev–Trinajstić information content (AvgIpc) is 2.71. The number of hydrogen-bond acceptors (Lipinski definition) is 1. The molecule has 1 nitrogen and oxygen atoms in total. The molecule has 0 saturated heterocycles. The second-order valence-electron chi connectivity index (χ2n) is 4.67. The summed E-state index contributed by atoms with van der Waals surface area (Å²) >= 11 is 3.47. The van der Waals surface area contributed by atoms with Crippen molar-refractivity contribution in [2.75, 3.05) is 0 Å². The first kappa shape index (κ1) is 10.9. The summed E-state index contributed by atoms with van der Waals surface area (Å²) in [7, 11) is 0. The molecule has 1 aromatic rings. The molecule has 0 aliphatic heterocycles. The molecule has 15 heavy (non-hydrogen) atoms. The molecule has 0 radical (unpaired) electrons. The average molecular weight is 267 g/mol. The van der Waals surface area contributed by atoms with Gasteiger partial charge in [0.15, 0.2) is 0 Å². The molecule has 0 aromatic heterocycles. The van der Waals surface area contributed by atoms with E-state index in [1.165, 1.54) is 5.56 Å². The topological polar surface area (TPSA) is 17.1 Å². The van der Waals surface area contributed by atoms with Crippen molar-refractivity contribution < 1.29 is 4.79 Å². The molecule has 1 aliphatic rings. The number of carbonyl (C=O) groups excluding carboxylic acids is 1. The highest BCUT2D eigenvalue weighted by atomic mass is 79.9. The molecule has 1 aromatic carbocycles. The van der Waals surface area contributed by atoms with Crippen molar-refractivity contribution in [3.8, 4) is 0 Å². The van der Waals surface area contributed by atoms with Crippen LogP contribution in [0.4, 0.5) is 0 Å². The zero-order valence-corrected chi connectivity index (χ0v) is 10.8. The molecule has 3 atom stereocenters. The molecule has 80 valence electrons. The van der Waals surface area contributed by atoms with Gasteiger partial charge >= 0.3 is 0 Å². The highest BCUT2D eigenvalue weighted by Gasteiger charge is 2.61. The predicted molar refractivity (Wildman–Crippen MR) is 64.8 cm³/mol. The maximum absolute atomic E-state index is 11.5. The molecule has 1 aliphatic carbocycles. The zero-order valence-electron chi connectivity index (χ0n) is 9.25. The summed E-state index contributed by atoms with van der Waals surface area (Å²) in [6.07, 6.45) is 0. The number of benzene rings is 1. The van der Waals surface area contributed by atoms with E-state index in [2.05, 4.69) is 41.9 Å².